The summed E-state index contributed by atoms with van der Waals surface area (Å²) in [6, 6.07) is 4.61. The molecule has 1 aromatic rings. The summed E-state index contributed by atoms with van der Waals surface area (Å²) in [5, 5.41) is 0. The molecule has 2 unspecified atom stereocenters. The zero-order valence-corrected chi connectivity index (χ0v) is 10.7. The Morgan fingerprint density at radius 3 is 2.83 bits per heavy atom. The molecule has 1 aromatic carbocycles. The Bertz CT molecular complexity index is 419. The number of nitrogens with one attached hydrogen (secondary N) is 1. The molecule has 0 bridgehead atoms. The van der Waals surface area contributed by atoms with Crippen molar-refractivity contribution in [3.05, 3.63) is 29.6 Å². The highest BCUT2D eigenvalue weighted by atomic mass is 19.1. The predicted octanol–water partition coefficient (Wildman–Crippen LogP) is 1.91. The highest BCUT2D eigenvalue weighted by molar-refractivity contribution is 5.32. The number of nitrogens with two attached hydrogens (primary N) is 1. The van der Waals surface area contributed by atoms with Crippen LogP contribution in [0.4, 0.5) is 4.39 Å². The van der Waals surface area contributed by atoms with Gasteiger partial charge in [0.2, 0.25) is 0 Å². The molecule has 4 nitrogen and oxygen atoms in total. The van der Waals surface area contributed by atoms with Crippen LogP contribution in [0.3, 0.4) is 0 Å². The van der Waals surface area contributed by atoms with E-state index in [4.69, 9.17) is 15.3 Å². The lowest BCUT2D eigenvalue weighted by Gasteiger charge is -2.33. The predicted molar refractivity (Wildman–Crippen MR) is 66.6 cm³/mol. The van der Waals surface area contributed by atoms with Crippen LogP contribution in [0.1, 0.15) is 31.4 Å². The Morgan fingerprint density at radius 1 is 1.56 bits per heavy atom. The molecule has 5 heteroatoms. The summed E-state index contributed by atoms with van der Waals surface area (Å²) in [5.74, 6) is 5.44. The first kappa shape index (κ1) is 13.3. The molecule has 18 heavy (non-hydrogen) atoms. The molecule has 0 amide bonds. The van der Waals surface area contributed by atoms with Crippen molar-refractivity contribution in [1.82, 2.24) is 5.43 Å². The maximum atomic E-state index is 13.7. The van der Waals surface area contributed by atoms with Gasteiger partial charge in [-0.1, -0.05) is 6.07 Å². The van der Waals surface area contributed by atoms with Crippen molar-refractivity contribution in [1.29, 1.82) is 0 Å². The quantitative estimate of drug-likeness (QED) is 0.636. The molecule has 0 aromatic heterocycles. The third-order valence-corrected chi connectivity index (χ3v) is 3.54. The summed E-state index contributed by atoms with van der Waals surface area (Å²) >= 11 is 0. The van der Waals surface area contributed by atoms with E-state index in [1.807, 2.05) is 6.92 Å². The molecular weight excluding hydrogens is 235 g/mol. The van der Waals surface area contributed by atoms with Crippen molar-refractivity contribution in [2.45, 2.75) is 31.4 Å². The van der Waals surface area contributed by atoms with Gasteiger partial charge in [-0.2, -0.15) is 0 Å². The van der Waals surface area contributed by atoms with Gasteiger partial charge in [0.15, 0.2) is 11.6 Å². The number of hydrogen-bond acceptors (Lipinski definition) is 4. The summed E-state index contributed by atoms with van der Waals surface area (Å²) in [6.07, 6.45) is 1.89. The average Bonchev–Trinajstić information content (AvgIpc) is 2.78. The van der Waals surface area contributed by atoms with Gasteiger partial charge in [0, 0.05) is 6.61 Å². The van der Waals surface area contributed by atoms with Gasteiger partial charge >= 0.3 is 0 Å². The molecule has 2 rings (SSSR count). The minimum Gasteiger partial charge on any atom is -0.494 e. The summed E-state index contributed by atoms with van der Waals surface area (Å²) in [7, 11) is 1.44. The van der Waals surface area contributed by atoms with Gasteiger partial charge in [0.25, 0.3) is 0 Å². The first-order valence-corrected chi connectivity index (χ1v) is 6.04. The van der Waals surface area contributed by atoms with Crippen LogP contribution in [0.5, 0.6) is 5.75 Å². The standard InChI is InChI=1S/C13H19FN2O2/c1-13(6-3-7-18-13)12(16-15)9-4-5-11(17-2)10(14)8-9/h4-5,8,12,16H,3,6-7,15H2,1-2H3. The summed E-state index contributed by atoms with van der Waals surface area (Å²) in [4.78, 5) is 0. The van der Waals surface area contributed by atoms with E-state index in [1.54, 1.807) is 12.1 Å². The fourth-order valence-corrected chi connectivity index (χ4v) is 2.52. The molecule has 0 aliphatic carbocycles. The normalized spacial score (nSPS) is 25.1. The van der Waals surface area contributed by atoms with Crippen LogP contribution in [0.2, 0.25) is 0 Å². The van der Waals surface area contributed by atoms with Crippen LogP contribution in [-0.4, -0.2) is 19.3 Å². The van der Waals surface area contributed by atoms with E-state index >= 15 is 0 Å². The first-order valence-electron chi connectivity index (χ1n) is 6.04. The van der Waals surface area contributed by atoms with Crippen LogP contribution in [0.15, 0.2) is 18.2 Å². The van der Waals surface area contributed by atoms with E-state index in [-0.39, 0.29) is 11.8 Å². The molecular formula is C13H19FN2O2. The number of halogens is 1. The van der Waals surface area contributed by atoms with Gasteiger partial charge in [0.05, 0.1) is 18.8 Å². The number of ether oxygens (including phenoxy) is 2. The first-order chi connectivity index (χ1) is 8.60. The lowest BCUT2D eigenvalue weighted by Crippen LogP contribution is -2.44. The van der Waals surface area contributed by atoms with Crippen molar-refractivity contribution in [3.8, 4) is 5.75 Å². The van der Waals surface area contributed by atoms with Crippen molar-refractivity contribution in [3.63, 3.8) is 0 Å². The number of hydrazine groups is 1. The van der Waals surface area contributed by atoms with E-state index in [2.05, 4.69) is 5.43 Å². The van der Waals surface area contributed by atoms with E-state index in [0.29, 0.717) is 6.61 Å². The molecule has 1 aliphatic heterocycles. The van der Waals surface area contributed by atoms with Gasteiger partial charge in [-0.15, -0.1) is 0 Å². The van der Waals surface area contributed by atoms with Gasteiger partial charge in [-0.05, 0) is 37.5 Å². The summed E-state index contributed by atoms with van der Waals surface area (Å²) in [6.45, 7) is 2.71. The summed E-state index contributed by atoms with van der Waals surface area (Å²) < 4.78 is 24.4. The maximum absolute atomic E-state index is 13.7. The molecule has 2 atom stereocenters. The van der Waals surface area contributed by atoms with Gasteiger partial charge in [0.1, 0.15) is 0 Å². The van der Waals surface area contributed by atoms with Crippen LogP contribution < -0.4 is 16.0 Å². The Labute approximate surface area is 106 Å². The van der Waals surface area contributed by atoms with E-state index in [1.165, 1.54) is 13.2 Å². The molecule has 1 saturated heterocycles. The second kappa shape index (κ2) is 5.22. The van der Waals surface area contributed by atoms with E-state index in [0.717, 1.165) is 18.4 Å². The highest BCUT2D eigenvalue weighted by Crippen LogP contribution is 2.37. The molecule has 1 fully saturated rings. The van der Waals surface area contributed by atoms with Crippen LogP contribution in [-0.2, 0) is 4.74 Å². The molecule has 100 valence electrons. The monoisotopic (exact) mass is 254 g/mol. The Hall–Kier alpha value is -1.17. The average molecular weight is 254 g/mol. The van der Waals surface area contributed by atoms with Crippen molar-refractivity contribution >= 4 is 0 Å². The Kier molecular flexibility index (Phi) is 3.85. The fraction of sp³-hybridized carbons (Fsp3) is 0.538. The van der Waals surface area contributed by atoms with Crippen molar-refractivity contribution in [2.24, 2.45) is 5.84 Å². The second-order valence-electron chi connectivity index (χ2n) is 4.76. The number of methoxy groups -OCH3 is 1. The van der Waals surface area contributed by atoms with Gasteiger partial charge < -0.3 is 9.47 Å². The number of hydrogen-bond donors (Lipinski definition) is 2. The lowest BCUT2D eigenvalue weighted by atomic mass is 9.88. The second-order valence-corrected chi connectivity index (χ2v) is 4.76. The molecule has 0 saturated carbocycles. The van der Waals surface area contributed by atoms with Crippen LogP contribution >= 0.6 is 0 Å². The van der Waals surface area contributed by atoms with Gasteiger partial charge in [-0.3, -0.25) is 11.3 Å². The minimum atomic E-state index is -0.393. The summed E-state index contributed by atoms with van der Waals surface area (Å²) in [5.41, 5.74) is 3.10. The lowest BCUT2D eigenvalue weighted by molar-refractivity contribution is -0.0126. The Balaban J connectivity index is 2.30. The molecule has 3 N–H and O–H groups in total. The Morgan fingerprint density at radius 2 is 2.33 bits per heavy atom. The number of benzene rings is 1. The topological polar surface area (TPSA) is 56.5 Å². The van der Waals surface area contributed by atoms with Crippen LogP contribution in [0.25, 0.3) is 0 Å². The van der Waals surface area contributed by atoms with Crippen molar-refractivity contribution < 1.29 is 13.9 Å². The molecule has 0 spiro atoms. The molecule has 1 heterocycles. The third-order valence-electron chi connectivity index (χ3n) is 3.54. The largest absolute Gasteiger partial charge is 0.494 e. The number of rotatable bonds is 4. The minimum absolute atomic E-state index is 0.229. The zero-order valence-electron chi connectivity index (χ0n) is 10.7. The smallest absolute Gasteiger partial charge is 0.165 e. The van der Waals surface area contributed by atoms with Crippen LogP contribution in [0, 0.1) is 5.82 Å². The van der Waals surface area contributed by atoms with Crippen molar-refractivity contribution in [2.75, 3.05) is 13.7 Å². The highest BCUT2D eigenvalue weighted by Gasteiger charge is 2.39. The molecule has 0 radical (unpaired) electrons. The molecule has 1 aliphatic rings. The third kappa shape index (κ3) is 2.34. The maximum Gasteiger partial charge on any atom is 0.165 e. The van der Waals surface area contributed by atoms with E-state index in [9.17, 15) is 4.39 Å². The zero-order chi connectivity index (χ0) is 13.2. The fourth-order valence-electron chi connectivity index (χ4n) is 2.52. The van der Waals surface area contributed by atoms with Gasteiger partial charge in [-0.25, -0.2) is 4.39 Å². The van der Waals surface area contributed by atoms with E-state index < -0.39 is 11.4 Å². The SMILES string of the molecule is COc1ccc(C(NN)C2(C)CCCO2)cc1F.